The molecule has 0 bridgehead atoms. The monoisotopic (exact) mass is 235 g/mol. The van der Waals surface area contributed by atoms with Crippen LogP contribution in [0.4, 0.5) is 0 Å². The Kier molecular flexibility index (Phi) is 5.99. The fraction of sp³-hybridized carbons (Fsp3) is 0.125. The summed E-state index contributed by atoms with van der Waals surface area (Å²) >= 11 is 0. The molecule has 0 saturated heterocycles. The zero-order valence-electron chi connectivity index (χ0n) is 8.20. The van der Waals surface area contributed by atoms with Gasteiger partial charge in [0.2, 0.25) is 0 Å². The average molecular weight is 235 g/mol. The number of pyridine rings is 1. The summed E-state index contributed by atoms with van der Waals surface area (Å²) in [5, 5.41) is 10.3. The van der Waals surface area contributed by atoms with Crippen LogP contribution in [0.3, 0.4) is 0 Å². The summed E-state index contributed by atoms with van der Waals surface area (Å²) in [4.78, 5) is 33.8. The molecule has 0 aliphatic carbocycles. The minimum absolute atomic E-state index is 0. The van der Waals surface area contributed by atoms with Crippen molar-refractivity contribution in [2.75, 3.05) is 0 Å². The first-order chi connectivity index (χ1) is 6.50. The number of ether oxygens (including phenoxy) is 1. The normalized spacial score (nSPS) is 8.87. The number of carboxylic acid groups (broad SMARTS) is 1. The fourth-order valence-corrected chi connectivity index (χ4v) is 0.815. The van der Waals surface area contributed by atoms with Crippen molar-refractivity contribution in [3.63, 3.8) is 0 Å². The maximum absolute atomic E-state index is 11.1. The number of aromatic amines is 1. The van der Waals surface area contributed by atoms with Gasteiger partial charge >= 0.3 is 57.4 Å². The van der Waals surface area contributed by atoms with E-state index in [1.165, 1.54) is 0 Å². The van der Waals surface area contributed by atoms with Gasteiger partial charge in [0.25, 0.3) is 5.56 Å². The van der Waals surface area contributed by atoms with Crippen LogP contribution in [0.5, 0.6) is 5.75 Å². The second-order valence-corrected chi connectivity index (χ2v) is 2.45. The van der Waals surface area contributed by atoms with E-state index in [0.717, 1.165) is 19.1 Å². The zero-order valence-corrected chi connectivity index (χ0v) is 11.3. The first-order valence-corrected chi connectivity index (χ1v) is 3.64. The molecule has 1 N–H and O–H groups in total. The van der Waals surface area contributed by atoms with Crippen molar-refractivity contribution in [2.24, 2.45) is 0 Å². The SMILES string of the molecule is CC(=O)Oc1ccc(C(=O)[O-])[nH]c1=O.[K+]. The van der Waals surface area contributed by atoms with Gasteiger partial charge in [-0.15, -0.1) is 0 Å². The standard InChI is InChI=1S/C8H7NO5.K/c1-4(10)14-6-3-2-5(8(12)13)9-7(6)11;/h2-3H,1H3,(H,9,11)(H,12,13);/q;+1/p-1. The van der Waals surface area contributed by atoms with Gasteiger partial charge in [-0.25, -0.2) is 0 Å². The van der Waals surface area contributed by atoms with E-state index in [9.17, 15) is 19.5 Å². The van der Waals surface area contributed by atoms with Crippen LogP contribution in [0, 0.1) is 0 Å². The molecule has 0 fully saturated rings. The van der Waals surface area contributed by atoms with Gasteiger partial charge in [0.15, 0.2) is 5.75 Å². The summed E-state index contributed by atoms with van der Waals surface area (Å²) < 4.78 is 4.48. The van der Waals surface area contributed by atoms with Gasteiger partial charge < -0.3 is 19.6 Å². The number of nitrogens with one attached hydrogen (secondary N) is 1. The number of aromatic nitrogens is 1. The van der Waals surface area contributed by atoms with Gasteiger partial charge in [-0.05, 0) is 12.1 Å². The minimum Gasteiger partial charge on any atom is -0.543 e. The number of aromatic carboxylic acids is 1. The number of H-pyrrole nitrogens is 1. The van der Waals surface area contributed by atoms with E-state index >= 15 is 0 Å². The molecule has 1 rings (SSSR count). The molecule has 0 atom stereocenters. The van der Waals surface area contributed by atoms with Gasteiger partial charge in [0, 0.05) is 6.92 Å². The molecule has 0 radical (unpaired) electrons. The third-order valence-electron chi connectivity index (χ3n) is 1.35. The number of esters is 1. The summed E-state index contributed by atoms with van der Waals surface area (Å²) in [6.07, 6.45) is 0. The van der Waals surface area contributed by atoms with Gasteiger partial charge in [0.1, 0.15) is 0 Å². The second-order valence-electron chi connectivity index (χ2n) is 2.45. The van der Waals surface area contributed by atoms with Crippen LogP contribution < -0.4 is 66.8 Å². The Morgan fingerprint density at radius 2 is 2.00 bits per heavy atom. The van der Waals surface area contributed by atoms with E-state index in [0.29, 0.717) is 0 Å². The summed E-state index contributed by atoms with van der Waals surface area (Å²) in [5.41, 5.74) is -1.16. The van der Waals surface area contributed by atoms with Crippen LogP contribution in [0.25, 0.3) is 0 Å². The molecular formula is C8H6KNO5. The molecule has 1 aromatic heterocycles. The van der Waals surface area contributed by atoms with Crippen molar-refractivity contribution in [3.8, 4) is 5.75 Å². The molecule has 1 heterocycles. The largest absolute Gasteiger partial charge is 1.00 e. The van der Waals surface area contributed by atoms with Crippen LogP contribution in [0.1, 0.15) is 17.4 Å². The Morgan fingerprint density at radius 3 is 2.40 bits per heavy atom. The number of carbonyl (C=O) groups is 2. The Hall–Kier alpha value is -0.474. The molecule has 0 spiro atoms. The van der Waals surface area contributed by atoms with Crippen molar-refractivity contribution >= 4 is 11.9 Å². The Balaban J connectivity index is 0.00000196. The molecule has 0 amide bonds. The van der Waals surface area contributed by atoms with E-state index < -0.39 is 17.5 Å². The molecule has 0 aliphatic heterocycles. The van der Waals surface area contributed by atoms with E-state index in [1.807, 2.05) is 4.98 Å². The van der Waals surface area contributed by atoms with Gasteiger partial charge in [0.05, 0.1) is 11.7 Å². The number of rotatable bonds is 2. The number of carbonyl (C=O) groups excluding carboxylic acids is 2. The fourth-order valence-electron chi connectivity index (χ4n) is 0.815. The van der Waals surface area contributed by atoms with Crippen molar-refractivity contribution in [1.82, 2.24) is 4.98 Å². The van der Waals surface area contributed by atoms with E-state index in [4.69, 9.17) is 0 Å². The molecule has 6 nitrogen and oxygen atoms in total. The molecular weight excluding hydrogens is 229 g/mol. The van der Waals surface area contributed by atoms with Gasteiger partial charge in [-0.1, -0.05) is 0 Å². The second kappa shape index (κ2) is 6.18. The maximum Gasteiger partial charge on any atom is 1.00 e. The van der Waals surface area contributed by atoms with Crippen molar-refractivity contribution < 1.29 is 70.8 Å². The third kappa shape index (κ3) is 4.27. The molecule has 0 saturated carbocycles. The number of carboxylic acids is 1. The van der Waals surface area contributed by atoms with E-state index in [-0.39, 0.29) is 62.8 Å². The third-order valence-corrected chi connectivity index (χ3v) is 1.35. The van der Waals surface area contributed by atoms with Crippen LogP contribution in [0.2, 0.25) is 0 Å². The Bertz CT molecular complexity index is 439. The van der Waals surface area contributed by atoms with E-state index in [2.05, 4.69) is 4.74 Å². The summed E-state index contributed by atoms with van der Waals surface area (Å²) in [6, 6.07) is 2.17. The smallest absolute Gasteiger partial charge is 0.543 e. The van der Waals surface area contributed by atoms with Crippen LogP contribution in [-0.4, -0.2) is 16.9 Å². The predicted molar refractivity (Wildman–Crippen MR) is 42.7 cm³/mol. The summed E-state index contributed by atoms with van der Waals surface area (Å²) in [5.74, 6) is -2.41. The first kappa shape index (κ1) is 14.5. The summed E-state index contributed by atoms with van der Waals surface area (Å²) in [7, 11) is 0. The molecule has 0 unspecified atom stereocenters. The van der Waals surface area contributed by atoms with Gasteiger partial charge in [-0.2, -0.15) is 0 Å². The van der Waals surface area contributed by atoms with Gasteiger partial charge in [-0.3, -0.25) is 9.59 Å². The van der Waals surface area contributed by atoms with E-state index in [1.54, 1.807) is 0 Å². The van der Waals surface area contributed by atoms with Crippen LogP contribution in [0.15, 0.2) is 16.9 Å². The number of hydrogen-bond donors (Lipinski definition) is 1. The molecule has 7 heteroatoms. The Labute approximate surface area is 127 Å². The molecule has 15 heavy (non-hydrogen) atoms. The van der Waals surface area contributed by atoms with Crippen molar-refractivity contribution in [3.05, 3.63) is 28.2 Å². The summed E-state index contributed by atoms with van der Waals surface area (Å²) in [6.45, 7) is 1.13. The number of hydrogen-bond acceptors (Lipinski definition) is 5. The molecule has 1 aromatic rings. The van der Waals surface area contributed by atoms with Crippen molar-refractivity contribution in [1.29, 1.82) is 0 Å². The topological polar surface area (TPSA) is 99.3 Å². The maximum atomic E-state index is 11.1. The predicted octanol–water partition coefficient (Wildman–Crippen LogP) is -4.33. The Morgan fingerprint density at radius 1 is 1.40 bits per heavy atom. The molecule has 74 valence electrons. The zero-order chi connectivity index (χ0) is 10.7. The van der Waals surface area contributed by atoms with Crippen molar-refractivity contribution in [2.45, 2.75) is 6.92 Å². The molecule has 0 aliphatic rings. The minimum atomic E-state index is -1.50. The first-order valence-electron chi connectivity index (χ1n) is 3.64. The quantitative estimate of drug-likeness (QED) is 0.413. The molecule has 0 aromatic carbocycles. The van der Waals surface area contributed by atoms with Crippen LogP contribution >= 0.6 is 0 Å². The van der Waals surface area contributed by atoms with Crippen LogP contribution in [-0.2, 0) is 4.79 Å². The average Bonchev–Trinajstić information content (AvgIpc) is 2.07.